The first-order chi connectivity index (χ1) is 12.1. The minimum Gasteiger partial charge on any atom is -0.481 e. The lowest BCUT2D eigenvalue weighted by atomic mass is 10.1. The van der Waals surface area contributed by atoms with Crippen LogP contribution in [0.25, 0.3) is 6.08 Å². The van der Waals surface area contributed by atoms with Gasteiger partial charge in [-0.2, -0.15) is 0 Å². The van der Waals surface area contributed by atoms with Gasteiger partial charge in [0.15, 0.2) is 0 Å². The molecule has 0 aliphatic heterocycles. The fourth-order valence-corrected chi connectivity index (χ4v) is 3.77. The number of hydrogen-bond acceptors (Lipinski definition) is 4. The van der Waals surface area contributed by atoms with Gasteiger partial charge in [0.05, 0.1) is 5.92 Å². The third kappa shape index (κ3) is 7.63. The average Bonchev–Trinajstić information content (AvgIpc) is 2.57. The molecule has 3 atom stereocenters. The van der Waals surface area contributed by atoms with Crippen LogP contribution in [0.1, 0.15) is 25.3 Å². The van der Waals surface area contributed by atoms with Crippen molar-refractivity contribution in [2.45, 2.75) is 25.5 Å². The molecule has 0 saturated carbocycles. The van der Waals surface area contributed by atoms with E-state index in [4.69, 9.17) is 10.2 Å². The molecule has 1 aromatic carbocycles. The van der Waals surface area contributed by atoms with E-state index in [-0.39, 0.29) is 6.42 Å². The monoisotopic (exact) mass is 383 g/mol. The lowest BCUT2D eigenvalue weighted by Gasteiger charge is -2.22. The number of amides is 1. The molecule has 0 bridgehead atoms. The zero-order valence-corrected chi connectivity index (χ0v) is 15.1. The van der Waals surface area contributed by atoms with E-state index in [1.807, 2.05) is 6.07 Å². The average molecular weight is 383 g/mol. The van der Waals surface area contributed by atoms with E-state index >= 15 is 0 Å². The normalized spacial score (nSPS) is 15.8. The maximum Gasteiger partial charge on any atom is 0.307 e. The van der Waals surface area contributed by atoms with E-state index in [2.05, 4.69) is 5.32 Å². The van der Waals surface area contributed by atoms with E-state index in [1.54, 1.807) is 24.3 Å². The molecule has 0 radical (unpaired) electrons. The van der Waals surface area contributed by atoms with Gasteiger partial charge in [-0.25, -0.2) is 0 Å². The highest BCUT2D eigenvalue weighted by Crippen LogP contribution is 2.47. The SMILES string of the molecule is CC(NC(=O)/C=C/c1ccccc1)P(=O)(O)CC(CCC(=O)O)C(=O)O. The highest BCUT2D eigenvalue weighted by Gasteiger charge is 2.34. The van der Waals surface area contributed by atoms with E-state index < -0.39 is 49.5 Å². The molecule has 0 aliphatic carbocycles. The van der Waals surface area contributed by atoms with Gasteiger partial charge in [-0.05, 0) is 25.0 Å². The minimum atomic E-state index is -4.04. The molecule has 0 saturated heterocycles. The molecule has 0 aliphatic rings. The van der Waals surface area contributed by atoms with Crippen molar-refractivity contribution in [2.75, 3.05) is 6.16 Å². The van der Waals surface area contributed by atoms with Crippen molar-refractivity contribution >= 4 is 31.3 Å². The maximum atomic E-state index is 12.4. The Morgan fingerprint density at radius 2 is 1.81 bits per heavy atom. The summed E-state index contributed by atoms with van der Waals surface area (Å²) < 4.78 is 12.4. The van der Waals surface area contributed by atoms with Crippen molar-refractivity contribution in [2.24, 2.45) is 5.92 Å². The Morgan fingerprint density at radius 1 is 1.19 bits per heavy atom. The van der Waals surface area contributed by atoms with Crippen molar-refractivity contribution in [3.05, 3.63) is 42.0 Å². The second kappa shape index (κ2) is 9.89. The highest BCUT2D eigenvalue weighted by molar-refractivity contribution is 7.58. The number of rotatable bonds is 10. The second-order valence-corrected chi connectivity index (χ2v) is 8.49. The zero-order valence-electron chi connectivity index (χ0n) is 14.2. The predicted molar refractivity (Wildman–Crippen MR) is 95.8 cm³/mol. The molecule has 3 unspecified atom stereocenters. The van der Waals surface area contributed by atoms with Crippen LogP contribution in [0, 0.1) is 5.92 Å². The van der Waals surface area contributed by atoms with Crippen LogP contribution in [0.15, 0.2) is 36.4 Å². The molecule has 8 nitrogen and oxygen atoms in total. The number of carbonyl (C=O) groups excluding carboxylic acids is 1. The summed E-state index contributed by atoms with van der Waals surface area (Å²) in [4.78, 5) is 43.7. The molecule has 142 valence electrons. The summed E-state index contributed by atoms with van der Waals surface area (Å²) >= 11 is 0. The molecule has 4 N–H and O–H groups in total. The van der Waals surface area contributed by atoms with E-state index in [9.17, 15) is 23.8 Å². The fraction of sp³-hybridized carbons (Fsp3) is 0.353. The Kier molecular flexibility index (Phi) is 8.22. The molecule has 1 rings (SSSR count). The van der Waals surface area contributed by atoms with E-state index in [0.717, 1.165) is 5.56 Å². The van der Waals surface area contributed by atoms with Crippen molar-refractivity contribution in [3.63, 3.8) is 0 Å². The van der Waals surface area contributed by atoms with Gasteiger partial charge in [-0.1, -0.05) is 30.3 Å². The molecule has 26 heavy (non-hydrogen) atoms. The number of aliphatic carboxylic acids is 2. The van der Waals surface area contributed by atoms with Crippen molar-refractivity contribution < 1.29 is 34.1 Å². The summed E-state index contributed by atoms with van der Waals surface area (Å²) in [6, 6.07) is 8.98. The molecule has 1 amide bonds. The molecule has 0 heterocycles. The van der Waals surface area contributed by atoms with E-state index in [1.165, 1.54) is 19.1 Å². The van der Waals surface area contributed by atoms with Gasteiger partial charge in [-0.15, -0.1) is 0 Å². The fourth-order valence-electron chi connectivity index (χ4n) is 2.16. The van der Waals surface area contributed by atoms with Gasteiger partial charge in [0, 0.05) is 18.7 Å². The molecule has 0 fully saturated rings. The predicted octanol–water partition coefficient (Wildman–Crippen LogP) is 2.00. The Hall–Kier alpha value is -2.44. The summed E-state index contributed by atoms with van der Waals surface area (Å²) in [6.45, 7) is 1.31. The lowest BCUT2D eigenvalue weighted by molar-refractivity contribution is -0.142. The summed E-state index contributed by atoms with van der Waals surface area (Å²) in [5.74, 6) is -5.56. The summed E-state index contributed by atoms with van der Waals surface area (Å²) in [5.41, 5.74) is 0.780. The quantitative estimate of drug-likeness (QED) is 0.358. The Labute approximate surface area is 151 Å². The molecule has 0 spiro atoms. The van der Waals surface area contributed by atoms with E-state index in [0.29, 0.717) is 0 Å². The van der Waals surface area contributed by atoms with Crippen LogP contribution in [0.3, 0.4) is 0 Å². The number of carboxylic acid groups (broad SMARTS) is 2. The first kappa shape index (κ1) is 21.6. The van der Waals surface area contributed by atoms with Crippen LogP contribution in [0.5, 0.6) is 0 Å². The Morgan fingerprint density at radius 3 is 2.35 bits per heavy atom. The zero-order chi connectivity index (χ0) is 19.7. The molecular formula is C17H22NO7P. The van der Waals surface area contributed by atoms with Gasteiger partial charge in [0.2, 0.25) is 13.3 Å². The van der Waals surface area contributed by atoms with Crippen LogP contribution in [0.2, 0.25) is 0 Å². The molecule has 9 heteroatoms. The van der Waals surface area contributed by atoms with Crippen LogP contribution in [-0.2, 0) is 18.9 Å². The molecule has 1 aromatic rings. The first-order valence-corrected chi connectivity index (χ1v) is 9.83. The largest absolute Gasteiger partial charge is 0.481 e. The van der Waals surface area contributed by atoms with Crippen LogP contribution in [0.4, 0.5) is 0 Å². The van der Waals surface area contributed by atoms with Crippen molar-refractivity contribution in [1.82, 2.24) is 5.32 Å². The summed E-state index contributed by atoms with van der Waals surface area (Å²) in [6.07, 6.45) is 1.46. The summed E-state index contributed by atoms with van der Waals surface area (Å²) in [7, 11) is -4.04. The highest BCUT2D eigenvalue weighted by atomic mass is 31.2. The standard InChI is InChI=1S/C17H22NO7P/c1-12(18-15(19)9-7-13-5-3-2-4-6-13)26(24,25)11-14(17(22)23)8-10-16(20)21/h2-7,9,12,14H,8,10-11H2,1H3,(H,18,19)(H,20,21)(H,22,23)(H,24,25)/b9-7+. The Bertz CT molecular complexity index is 717. The van der Waals surface area contributed by atoms with Gasteiger partial charge in [0.25, 0.3) is 0 Å². The van der Waals surface area contributed by atoms with Crippen molar-refractivity contribution in [1.29, 1.82) is 0 Å². The number of carboxylic acids is 2. The third-order valence-corrected chi connectivity index (χ3v) is 6.02. The number of carbonyl (C=O) groups is 3. The number of nitrogens with one attached hydrogen (secondary N) is 1. The van der Waals surface area contributed by atoms with Gasteiger partial charge >= 0.3 is 11.9 Å². The third-order valence-electron chi connectivity index (χ3n) is 3.72. The number of hydrogen-bond donors (Lipinski definition) is 4. The topological polar surface area (TPSA) is 141 Å². The number of benzene rings is 1. The van der Waals surface area contributed by atoms with Crippen molar-refractivity contribution in [3.8, 4) is 0 Å². The van der Waals surface area contributed by atoms with Gasteiger partial charge in [-0.3, -0.25) is 18.9 Å². The van der Waals surface area contributed by atoms with Gasteiger partial charge < -0.3 is 20.4 Å². The Balaban J connectivity index is 2.67. The van der Waals surface area contributed by atoms with Crippen LogP contribution >= 0.6 is 7.37 Å². The maximum absolute atomic E-state index is 12.4. The first-order valence-electron chi connectivity index (χ1n) is 7.91. The second-order valence-electron chi connectivity index (χ2n) is 5.83. The molecule has 0 aromatic heterocycles. The van der Waals surface area contributed by atoms with Crippen LogP contribution in [-0.4, -0.2) is 44.9 Å². The van der Waals surface area contributed by atoms with Gasteiger partial charge in [0.1, 0.15) is 5.78 Å². The lowest BCUT2D eigenvalue weighted by Crippen LogP contribution is -2.33. The molecular weight excluding hydrogens is 361 g/mol. The summed E-state index contributed by atoms with van der Waals surface area (Å²) in [5, 5.41) is 20.1. The van der Waals surface area contributed by atoms with Crippen LogP contribution < -0.4 is 5.32 Å². The smallest absolute Gasteiger partial charge is 0.307 e. The minimum absolute atomic E-state index is 0.260.